The van der Waals surface area contributed by atoms with Gasteiger partial charge in [-0.2, -0.15) is 19.4 Å². The number of aliphatic hydroxyl groups is 1. The van der Waals surface area contributed by atoms with Crippen LogP contribution in [0.3, 0.4) is 0 Å². The molecule has 1 aliphatic heterocycles. The fourth-order valence-electron chi connectivity index (χ4n) is 5.06. The number of carbonyl (C=O) groups is 1. The van der Waals surface area contributed by atoms with Gasteiger partial charge in [-0.3, -0.25) is 13.9 Å². The van der Waals surface area contributed by atoms with Crippen molar-refractivity contribution in [3.63, 3.8) is 0 Å². The second-order valence-corrected chi connectivity index (χ2v) is 12.2. The smallest absolute Gasteiger partial charge is 0.459 e. The summed E-state index contributed by atoms with van der Waals surface area (Å²) in [6.07, 6.45) is 2.96. The number of nitrogen functional groups attached to an aromatic ring is 1. The maximum absolute atomic E-state index is 14.2. The first-order chi connectivity index (χ1) is 19.6. The van der Waals surface area contributed by atoms with Gasteiger partial charge in [0.05, 0.1) is 12.9 Å². The highest BCUT2D eigenvalue weighted by Crippen LogP contribution is 2.51. The molecule has 5 rings (SSSR count). The van der Waals surface area contributed by atoms with Crippen LogP contribution in [0.5, 0.6) is 5.75 Å². The second kappa shape index (κ2) is 12.0. The van der Waals surface area contributed by atoms with Crippen molar-refractivity contribution in [1.29, 1.82) is 0 Å². The molecule has 0 spiro atoms. The number of nitrogens with one attached hydrogen (secondary N) is 1. The van der Waals surface area contributed by atoms with E-state index in [9.17, 15) is 18.9 Å². The Kier molecular flexibility index (Phi) is 8.57. The van der Waals surface area contributed by atoms with Gasteiger partial charge in [0.15, 0.2) is 17.0 Å². The van der Waals surface area contributed by atoms with Gasteiger partial charge in [0.25, 0.3) is 0 Å². The number of anilines is 1. The van der Waals surface area contributed by atoms with Crippen LogP contribution in [0.1, 0.15) is 58.6 Å². The van der Waals surface area contributed by atoms with Crippen molar-refractivity contribution in [1.82, 2.24) is 24.6 Å². The Morgan fingerprint density at radius 2 is 2.02 bits per heavy atom. The number of fused-ring (bicyclic) bond motifs is 1. The number of aliphatic hydroxyl groups excluding tert-OH is 1. The van der Waals surface area contributed by atoms with Crippen molar-refractivity contribution >= 4 is 30.7 Å². The predicted molar refractivity (Wildman–Crippen MR) is 145 cm³/mol. The molecule has 0 bridgehead atoms. The molecule has 1 saturated heterocycles. The molecule has 1 saturated carbocycles. The fraction of sp³-hybridized carbons (Fsp3) is 0.538. The molecule has 0 amide bonds. The van der Waals surface area contributed by atoms with E-state index in [1.807, 2.05) is 0 Å². The SMILES string of the molecule is C[C@H](NP(=O)(Oc1ccccc1)O[C@H]1C[C@H](n2cnc3c(N)nc(F)nc32)O[C@]1(C)CO)C(=O)OC1CCCCC1. The summed E-state index contributed by atoms with van der Waals surface area (Å²) in [5.74, 6) is -0.478. The first-order valence-corrected chi connectivity index (χ1v) is 15.1. The molecule has 3 aromatic rings. The van der Waals surface area contributed by atoms with E-state index in [1.54, 1.807) is 37.3 Å². The molecular formula is C26H34FN6O7P. The summed E-state index contributed by atoms with van der Waals surface area (Å²) < 4.78 is 53.3. The van der Waals surface area contributed by atoms with Crippen LogP contribution in [0.2, 0.25) is 0 Å². The molecule has 1 aromatic carbocycles. The van der Waals surface area contributed by atoms with E-state index >= 15 is 0 Å². The average Bonchev–Trinajstić information content (AvgIpc) is 3.51. The summed E-state index contributed by atoms with van der Waals surface area (Å²) in [6, 6.07) is 7.32. The zero-order valence-electron chi connectivity index (χ0n) is 22.8. The number of esters is 1. The van der Waals surface area contributed by atoms with Gasteiger partial charge in [-0.05, 0) is 51.7 Å². The lowest BCUT2D eigenvalue weighted by Gasteiger charge is -2.32. The number of nitrogens with two attached hydrogens (primary N) is 1. The van der Waals surface area contributed by atoms with Crippen LogP contribution >= 0.6 is 7.75 Å². The third-order valence-corrected chi connectivity index (χ3v) is 9.01. The Morgan fingerprint density at radius 3 is 2.73 bits per heavy atom. The normalized spacial score (nSPS) is 25.6. The molecule has 41 heavy (non-hydrogen) atoms. The van der Waals surface area contributed by atoms with E-state index in [1.165, 1.54) is 17.8 Å². The van der Waals surface area contributed by atoms with Gasteiger partial charge in [0, 0.05) is 6.42 Å². The predicted octanol–water partition coefficient (Wildman–Crippen LogP) is 3.64. The van der Waals surface area contributed by atoms with E-state index in [0.717, 1.165) is 32.1 Å². The standard InChI is InChI=1S/C26H34FN6O7P/c1-16(24(35)37-17-9-5-3-6-10-17)32-41(36,39-18-11-7-4-8-12-18)40-19-13-20(38-26(19,2)14-34)33-15-29-21-22(28)30-25(27)31-23(21)33/h4,7-8,11-12,15-17,19-20,34H,3,5-6,9-10,13-14H2,1-2H3,(H,32,36)(H2,28,30,31)/t16-,19-,20+,26+,41?/m0/s1. The number of aromatic nitrogens is 4. The van der Waals surface area contributed by atoms with Crippen LogP contribution in [-0.2, 0) is 23.4 Å². The van der Waals surface area contributed by atoms with E-state index in [4.69, 9.17) is 24.3 Å². The van der Waals surface area contributed by atoms with Crippen LogP contribution in [-0.4, -0.2) is 61.1 Å². The molecule has 222 valence electrons. The van der Waals surface area contributed by atoms with Gasteiger partial charge >= 0.3 is 19.8 Å². The van der Waals surface area contributed by atoms with Crippen molar-refractivity contribution in [2.45, 2.75) is 82.5 Å². The first-order valence-electron chi connectivity index (χ1n) is 13.5. The van der Waals surface area contributed by atoms with E-state index in [2.05, 4.69) is 20.0 Å². The number of benzene rings is 1. The molecular weight excluding hydrogens is 558 g/mol. The van der Waals surface area contributed by atoms with Crippen LogP contribution in [0.25, 0.3) is 11.2 Å². The Morgan fingerprint density at radius 1 is 1.29 bits per heavy atom. The van der Waals surface area contributed by atoms with Gasteiger partial charge in [0.1, 0.15) is 35.8 Å². The second-order valence-electron chi connectivity index (χ2n) is 10.5. The van der Waals surface area contributed by atoms with Crippen LogP contribution in [0.4, 0.5) is 10.2 Å². The van der Waals surface area contributed by atoms with E-state index < -0.39 is 50.4 Å². The Balaban J connectivity index is 1.38. The summed E-state index contributed by atoms with van der Waals surface area (Å²) in [7, 11) is -4.29. The number of ether oxygens (including phenoxy) is 2. The average molecular weight is 593 g/mol. The molecule has 0 radical (unpaired) electrons. The number of nitrogens with zero attached hydrogens (tertiary/aromatic N) is 4. The number of halogens is 1. The molecule has 1 unspecified atom stereocenters. The van der Waals surface area contributed by atoms with Gasteiger partial charge < -0.3 is 24.8 Å². The van der Waals surface area contributed by atoms with Gasteiger partial charge in [-0.25, -0.2) is 9.55 Å². The van der Waals surface area contributed by atoms with Crippen LogP contribution in [0.15, 0.2) is 36.7 Å². The van der Waals surface area contributed by atoms with Crippen molar-refractivity contribution in [2.24, 2.45) is 0 Å². The summed E-state index contributed by atoms with van der Waals surface area (Å²) >= 11 is 0. The lowest BCUT2D eigenvalue weighted by molar-refractivity contribution is -0.152. The fourth-order valence-corrected chi connectivity index (χ4v) is 6.84. The monoisotopic (exact) mass is 592 g/mol. The summed E-state index contributed by atoms with van der Waals surface area (Å²) in [5, 5.41) is 13.0. The number of carbonyl (C=O) groups excluding carboxylic acids is 1. The molecule has 3 heterocycles. The van der Waals surface area contributed by atoms with Crippen molar-refractivity contribution in [3.8, 4) is 5.75 Å². The number of imidazole rings is 1. The highest BCUT2D eigenvalue weighted by atomic mass is 31.2. The Bertz CT molecular complexity index is 1420. The minimum Gasteiger partial charge on any atom is -0.461 e. The number of hydrogen-bond donors (Lipinski definition) is 3. The quantitative estimate of drug-likeness (QED) is 0.177. The topological polar surface area (TPSA) is 173 Å². The summed E-state index contributed by atoms with van der Waals surface area (Å²) in [6.45, 7) is 2.58. The van der Waals surface area contributed by atoms with Gasteiger partial charge in [0.2, 0.25) is 0 Å². The molecule has 1 aliphatic carbocycles. The van der Waals surface area contributed by atoms with Gasteiger partial charge in [-0.1, -0.05) is 24.6 Å². The molecule has 4 N–H and O–H groups in total. The molecule has 2 fully saturated rings. The highest BCUT2D eigenvalue weighted by molar-refractivity contribution is 7.52. The number of hydrogen-bond acceptors (Lipinski definition) is 11. The summed E-state index contributed by atoms with van der Waals surface area (Å²) in [5.41, 5.74) is 4.68. The number of rotatable bonds is 10. The van der Waals surface area contributed by atoms with Crippen LogP contribution < -0.4 is 15.3 Å². The third-order valence-electron chi connectivity index (χ3n) is 7.32. The van der Waals surface area contributed by atoms with Crippen LogP contribution in [0, 0.1) is 6.08 Å². The maximum Gasteiger partial charge on any atom is 0.459 e. The molecule has 15 heteroatoms. The molecule has 5 atom stereocenters. The Hall–Kier alpha value is -3.16. The molecule has 2 aliphatic rings. The van der Waals surface area contributed by atoms with E-state index in [-0.39, 0.29) is 35.3 Å². The third kappa shape index (κ3) is 6.52. The zero-order valence-corrected chi connectivity index (χ0v) is 23.7. The van der Waals surface area contributed by atoms with Crippen molar-refractivity contribution in [3.05, 3.63) is 42.7 Å². The van der Waals surface area contributed by atoms with Gasteiger partial charge in [-0.15, -0.1) is 0 Å². The summed E-state index contributed by atoms with van der Waals surface area (Å²) in [4.78, 5) is 24.3. The molecule has 13 nitrogen and oxygen atoms in total. The van der Waals surface area contributed by atoms with Crippen molar-refractivity contribution < 1.29 is 37.4 Å². The van der Waals surface area contributed by atoms with E-state index in [0.29, 0.717) is 0 Å². The first kappa shape index (κ1) is 29.3. The largest absolute Gasteiger partial charge is 0.461 e. The lowest BCUT2D eigenvalue weighted by Crippen LogP contribution is -2.43. The highest BCUT2D eigenvalue weighted by Gasteiger charge is 2.51. The minimum absolute atomic E-state index is 0.0404. The zero-order chi connectivity index (χ0) is 29.2. The maximum atomic E-state index is 14.2. The van der Waals surface area contributed by atoms with Crippen molar-refractivity contribution in [2.75, 3.05) is 12.3 Å². The Labute approximate surface area is 236 Å². The lowest BCUT2D eigenvalue weighted by atomic mass is 9.98. The molecule has 2 aromatic heterocycles. The minimum atomic E-state index is -4.29. The number of para-hydroxylation sites is 1.